The predicted molar refractivity (Wildman–Crippen MR) is 251 cm³/mol. The average molecular weight is 733 g/mol. The molecular formula is C58H36. The van der Waals surface area contributed by atoms with Gasteiger partial charge in [0.15, 0.2) is 0 Å². The number of hydrogen-bond donors (Lipinski definition) is 0. The Morgan fingerprint density at radius 2 is 0.603 bits per heavy atom. The van der Waals surface area contributed by atoms with Crippen LogP contribution in [0.5, 0.6) is 0 Å². The third-order valence-electron chi connectivity index (χ3n) is 12.4. The fraction of sp³-hybridized carbons (Fsp3) is 0. The zero-order chi connectivity index (χ0) is 38.2. The second kappa shape index (κ2) is 13.0. The van der Waals surface area contributed by atoms with Crippen molar-refractivity contribution in [2.24, 2.45) is 0 Å². The number of benzene rings is 12. The molecule has 0 nitrogen and oxygen atoms in total. The van der Waals surface area contributed by atoms with Crippen molar-refractivity contribution in [1.29, 1.82) is 0 Å². The zero-order valence-corrected chi connectivity index (χ0v) is 31.8. The normalized spacial score (nSPS) is 11.8. The maximum absolute atomic E-state index is 2.39. The highest BCUT2D eigenvalue weighted by molar-refractivity contribution is 6.24. The van der Waals surface area contributed by atoms with E-state index in [4.69, 9.17) is 0 Å². The van der Waals surface area contributed by atoms with Crippen LogP contribution in [0.25, 0.3) is 120 Å². The summed E-state index contributed by atoms with van der Waals surface area (Å²) in [6.45, 7) is 0. The van der Waals surface area contributed by atoms with Crippen LogP contribution in [-0.2, 0) is 0 Å². The Balaban J connectivity index is 1.00. The molecule has 0 spiro atoms. The van der Waals surface area contributed by atoms with E-state index in [0.717, 1.165) is 0 Å². The molecule has 0 aliphatic carbocycles. The Morgan fingerprint density at radius 1 is 0.190 bits per heavy atom. The van der Waals surface area contributed by atoms with Crippen LogP contribution in [0.3, 0.4) is 0 Å². The van der Waals surface area contributed by atoms with E-state index in [1.54, 1.807) is 0 Å². The highest BCUT2D eigenvalue weighted by Gasteiger charge is 2.18. The van der Waals surface area contributed by atoms with Gasteiger partial charge in [-0.2, -0.15) is 0 Å². The first-order chi connectivity index (χ1) is 28.7. The van der Waals surface area contributed by atoms with Crippen molar-refractivity contribution < 1.29 is 0 Å². The van der Waals surface area contributed by atoms with E-state index in [0.29, 0.717) is 0 Å². The molecule has 0 aliphatic rings. The predicted octanol–water partition coefficient (Wildman–Crippen LogP) is 16.4. The fourth-order valence-electron chi connectivity index (χ4n) is 9.66. The Morgan fingerprint density at radius 3 is 1.31 bits per heavy atom. The molecule has 58 heavy (non-hydrogen) atoms. The van der Waals surface area contributed by atoms with E-state index in [-0.39, 0.29) is 0 Å². The second-order valence-electron chi connectivity index (χ2n) is 15.6. The molecule has 268 valence electrons. The Hall–Kier alpha value is -7.54. The number of fused-ring (bicyclic) bond motifs is 9. The van der Waals surface area contributed by atoms with Gasteiger partial charge in [0.1, 0.15) is 0 Å². The lowest BCUT2D eigenvalue weighted by atomic mass is 9.85. The highest BCUT2D eigenvalue weighted by Crippen LogP contribution is 2.45. The molecule has 0 saturated heterocycles. The Kier molecular flexibility index (Phi) is 7.33. The topological polar surface area (TPSA) is 0 Å². The van der Waals surface area contributed by atoms with Gasteiger partial charge < -0.3 is 0 Å². The first-order valence-corrected chi connectivity index (χ1v) is 20.2. The first kappa shape index (κ1) is 32.7. The van der Waals surface area contributed by atoms with E-state index >= 15 is 0 Å². The van der Waals surface area contributed by atoms with Gasteiger partial charge in [-0.3, -0.25) is 0 Å². The lowest BCUT2D eigenvalue weighted by molar-refractivity contribution is 1.63. The molecule has 0 amide bonds. The summed E-state index contributed by atoms with van der Waals surface area (Å²) in [7, 11) is 0. The van der Waals surface area contributed by atoms with Crippen LogP contribution >= 0.6 is 0 Å². The summed E-state index contributed by atoms with van der Waals surface area (Å²) in [4.78, 5) is 0. The molecule has 12 rings (SSSR count). The minimum Gasteiger partial charge on any atom is -0.0616 e. The van der Waals surface area contributed by atoms with Gasteiger partial charge in [0.2, 0.25) is 0 Å². The number of hydrogen-bond acceptors (Lipinski definition) is 0. The van der Waals surface area contributed by atoms with Crippen molar-refractivity contribution in [3.05, 3.63) is 218 Å². The van der Waals surface area contributed by atoms with Gasteiger partial charge >= 0.3 is 0 Å². The molecular weight excluding hydrogens is 697 g/mol. The smallest absolute Gasteiger partial charge is 0.00262 e. The highest BCUT2D eigenvalue weighted by atomic mass is 14.2. The van der Waals surface area contributed by atoms with Gasteiger partial charge in [0.25, 0.3) is 0 Å². The van der Waals surface area contributed by atoms with Gasteiger partial charge in [0.05, 0.1) is 0 Å². The third kappa shape index (κ3) is 5.16. The molecule has 0 radical (unpaired) electrons. The van der Waals surface area contributed by atoms with Gasteiger partial charge in [-0.05, 0) is 150 Å². The monoisotopic (exact) mass is 732 g/mol. The number of rotatable bonds is 4. The average Bonchev–Trinajstić information content (AvgIpc) is 3.29. The maximum atomic E-state index is 2.39. The Labute approximate surface area is 336 Å². The standard InChI is InChI=1S/C58H36/c1-2-14-39-32-41(26-24-37(39)12-1)40-15-11-16-45(34-40)57-51-20-7-9-22-53(51)58(54-23-10-8-21-52(54)57)46-31-28-42-33-44(29-27-43(42)35-46)55-36-47-30-25-38-13-3-4-17-48(38)56(47)50-19-6-5-18-49(50)55/h1-36H. The van der Waals surface area contributed by atoms with Crippen LogP contribution in [0, 0.1) is 0 Å². The summed E-state index contributed by atoms with van der Waals surface area (Å²) >= 11 is 0. The molecule has 0 heteroatoms. The van der Waals surface area contributed by atoms with Crippen LogP contribution in [0.4, 0.5) is 0 Å². The molecule has 0 unspecified atom stereocenters. The van der Waals surface area contributed by atoms with Crippen molar-refractivity contribution >= 4 is 75.4 Å². The van der Waals surface area contributed by atoms with Crippen LogP contribution in [0.15, 0.2) is 218 Å². The lowest BCUT2D eigenvalue weighted by Gasteiger charge is -2.18. The van der Waals surface area contributed by atoms with Crippen molar-refractivity contribution in [2.75, 3.05) is 0 Å². The maximum Gasteiger partial charge on any atom is -0.00262 e. The summed E-state index contributed by atoms with van der Waals surface area (Å²) < 4.78 is 0. The fourth-order valence-corrected chi connectivity index (χ4v) is 9.66. The summed E-state index contributed by atoms with van der Waals surface area (Å²) in [6, 6.07) is 80.9. The van der Waals surface area contributed by atoms with Gasteiger partial charge in [-0.1, -0.05) is 188 Å². The largest absolute Gasteiger partial charge is 0.0616 e. The van der Waals surface area contributed by atoms with Crippen molar-refractivity contribution in [1.82, 2.24) is 0 Å². The molecule has 0 aromatic heterocycles. The first-order valence-electron chi connectivity index (χ1n) is 20.2. The molecule has 0 saturated carbocycles. The van der Waals surface area contributed by atoms with E-state index in [2.05, 4.69) is 218 Å². The molecule has 0 aliphatic heterocycles. The molecule has 0 heterocycles. The van der Waals surface area contributed by atoms with E-state index < -0.39 is 0 Å². The molecule has 0 N–H and O–H groups in total. The van der Waals surface area contributed by atoms with Crippen LogP contribution in [-0.4, -0.2) is 0 Å². The van der Waals surface area contributed by atoms with E-state index in [1.807, 2.05) is 0 Å². The molecule has 12 aromatic rings. The molecule has 0 fully saturated rings. The van der Waals surface area contributed by atoms with Crippen LogP contribution < -0.4 is 0 Å². The lowest BCUT2D eigenvalue weighted by Crippen LogP contribution is -1.91. The van der Waals surface area contributed by atoms with Crippen molar-refractivity contribution in [3.63, 3.8) is 0 Å². The van der Waals surface area contributed by atoms with Crippen molar-refractivity contribution in [3.8, 4) is 44.5 Å². The minimum atomic E-state index is 1.22. The SMILES string of the molecule is c1cc(-c2ccc3ccccc3c2)cc(-c2c3ccccc3c(-c3ccc4cc(-c5cc6ccc7ccccc7c6c6ccccc56)ccc4c3)c3ccccc23)c1. The second-order valence-corrected chi connectivity index (χ2v) is 15.6. The molecule has 12 aromatic carbocycles. The van der Waals surface area contributed by atoms with Crippen LogP contribution in [0.1, 0.15) is 0 Å². The molecule has 0 bridgehead atoms. The van der Waals surface area contributed by atoms with E-state index in [1.165, 1.54) is 120 Å². The van der Waals surface area contributed by atoms with Gasteiger partial charge in [-0.15, -0.1) is 0 Å². The van der Waals surface area contributed by atoms with Crippen molar-refractivity contribution in [2.45, 2.75) is 0 Å². The summed E-state index contributed by atoms with van der Waals surface area (Å²) in [5, 5.41) is 17.8. The quantitative estimate of drug-likeness (QED) is 0.125. The zero-order valence-electron chi connectivity index (χ0n) is 31.8. The third-order valence-corrected chi connectivity index (χ3v) is 12.4. The molecule has 0 atom stereocenters. The van der Waals surface area contributed by atoms with E-state index in [9.17, 15) is 0 Å². The summed E-state index contributed by atoms with van der Waals surface area (Å²) in [5.74, 6) is 0. The Bertz CT molecular complexity index is 3570. The summed E-state index contributed by atoms with van der Waals surface area (Å²) in [6.07, 6.45) is 0. The van der Waals surface area contributed by atoms with Gasteiger partial charge in [0, 0.05) is 0 Å². The summed E-state index contributed by atoms with van der Waals surface area (Å²) in [5.41, 5.74) is 9.96. The van der Waals surface area contributed by atoms with Crippen LogP contribution in [0.2, 0.25) is 0 Å². The van der Waals surface area contributed by atoms with Gasteiger partial charge in [-0.25, -0.2) is 0 Å². The minimum absolute atomic E-state index is 1.22.